The van der Waals surface area contributed by atoms with Crippen LogP contribution in [0.2, 0.25) is 0 Å². The van der Waals surface area contributed by atoms with Crippen LogP contribution < -0.4 is 5.73 Å². The van der Waals surface area contributed by atoms with E-state index in [1.54, 1.807) is 14.2 Å². The minimum atomic E-state index is -0.0625. The van der Waals surface area contributed by atoms with E-state index in [9.17, 15) is 0 Å². The minimum Gasteiger partial charge on any atom is -0.357 e. The molecule has 3 heteroatoms. The van der Waals surface area contributed by atoms with Crippen LogP contribution in [0.1, 0.15) is 6.42 Å². The van der Waals surface area contributed by atoms with Crippen LogP contribution in [-0.4, -0.2) is 27.1 Å². The standard InChI is InChI=1S/C5H13NO2/c1-7-5(8-2)3-4-6/h5H,3-4,6H2,1-2H3/p+1. The van der Waals surface area contributed by atoms with Gasteiger partial charge in [-0.1, -0.05) is 0 Å². The molecule has 0 aliphatic carbocycles. The molecule has 0 fully saturated rings. The molecule has 50 valence electrons. The third kappa shape index (κ3) is 2.96. The molecule has 0 aromatic rings. The van der Waals surface area contributed by atoms with E-state index in [4.69, 9.17) is 9.47 Å². The Morgan fingerprint density at radius 2 is 1.88 bits per heavy atom. The summed E-state index contributed by atoms with van der Waals surface area (Å²) in [5.74, 6) is 0. The molecule has 0 atom stereocenters. The summed E-state index contributed by atoms with van der Waals surface area (Å²) in [6, 6.07) is 0. The molecule has 0 spiro atoms. The highest BCUT2D eigenvalue weighted by Gasteiger charge is 2.01. The van der Waals surface area contributed by atoms with Gasteiger partial charge in [0.15, 0.2) is 6.29 Å². The van der Waals surface area contributed by atoms with E-state index >= 15 is 0 Å². The van der Waals surface area contributed by atoms with E-state index in [0.717, 1.165) is 13.0 Å². The van der Waals surface area contributed by atoms with Gasteiger partial charge in [-0.15, -0.1) is 0 Å². The van der Waals surface area contributed by atoms with E-state index in [1.807, 2.05) is 0 Å². The van der Waals surface area contributed by atoms with Crippen LogP contribution in [0.4, 0.5) is 0 Å². The van der Waals surface area contributed by atoms with Gasteiger partial charge in [0.1, 0.15) is 0 Å². The lowest BCUT2D eigenvalue weighted by molar-refractivity contribution is -0.375. The molecule has 0 radical (unpaired) electrons. The monoisotopic (exact) mass is 120 g/mol. The normalized spacial score (nSPS) is 10.5. The second-order valence-corrected chi connectivity index (χ2v) is 1.54. The Kier molecular flexibility index (Phi) is 4.95. The molecule has 0 bridgehead atoms. The predicted octanol–water partition coefficient (Wildman–Crippen LogP) is -0.763. The molecule has 0 saturated heterocycles. The topological polar surface area (TPSA) is 46.1 Å². The van der Waals surface area contributed by atoms with Crippen LogP contribution in [0.3, 0.4) is 0 Å². The number of hydrogen-bond donors (Lipinski definition) is 1. The first-order valence-electron chi connectivity index (χ1n) is 2.70. The quantitative estimate of drug-likeness (QED) is 0.495. The molecule has 0 unspecified atom stereocenters. The number of methoxy groups -OCH3 is 2. The van der Waals surface area contributed by atoms with Gasteiger partial charge in [-0.25, -0.2) is 0 Å². The van der Waals surface area contributed by atoms with Crippen molar-refractivity contribution in [3.63, 3.8) is 0 Å². The van der Waals surface area contributed by atoms with Crippen LogP contribution >= 0.6 is 0 Å². The van der Waals surface area contributed by atoms with Crippen molar-refractivity contribution in [2.24, 2.45) is 0 Å². The van der Waals surface area contributed by atoms with Crippen molar-refractivity contribution >= 4 is 0 Å². The van der Waals surface area contributed by atoms with Gasteiger partial charge >= 0.3 is 0 Å². The van der Waals surface area contributed by atoms with E-state index in [1.165, 1.54) is 0 Å². The highest BCUT2D eigenvalue weighted by atomic mass is 16.7. The van der Waals surface area contributed by atoms with Gasteiger partial charge in [-0.05, 0) is 0 Å². The van der Waals surface area contributed by atoms with Crippen molar-refractivity contribution in [1.29, 1.82) is 0 Å². The fourth-order valence-electron chi connectivity index (χ4n) is 0.499. The summed E-state index contributed by atoms with van der Waals surface area (Å²) in [6.07, 6.45) is 0.806. The second-order valence-electron chi connectivity index (χ2n) is 1.54. The first-order chi connectivity index (χ1) is 3.85. The molecule has 0 aliphatic heterocycles. The Balaban J connectivity index is 3.07. The molecular formula is C5H14NO2+. The fourth-order valence-corrected chi connectivity index (χ4v) is 0.499. The molecule has 0 rings (SSSR count). The Morgan fingerprint density at radius 3 is 2.00 bits per heavy atom. The fraction of sp³-hybridized carbons (Fsp3) is 1.00. The lowest BCUT2D eigenvalue weighted by Gasteiger charge is -2.09. The maximum atomic E-state index is 4.88. The van der Waals surface area contributed by atoms with Crippen molar-refractivity contribution in [3.8, 4) is 0 Å². The maximum Gasteiger partial charge on any atom is 0.162 e. The van der Waals surface area contributed by atoms with Crippen LogP contribution in [0.25, 0.3) is 0 Å². The molecule has 0 heterocycles. The lowest BCUT2D eigenvalue weighted by atomic mass is 10.4. The second kappa shape index (κ2) is 5.03. The summed E-state index contributed by atoms with van der Waals surface area (Å²) in [5, 5.41) is 0. The van der Waals surface area contributed by atoms with Crippen molar-refractivity contribution < 1.29 is 15.2 Å². The SMILES string of the molecule is COC(CC[NH3+])OC. The van der Waals surface area contributed by atoms with Gasteiger partial charge < -0.3 is 15.2 Å². The van der Waals surface area contributed by atoms with Gasteiger partial charge in [-0.3, -0.25) is 0 Å². The Hall–Kier alpha value is -0.120. The zero-order valence-corrected chi connectivity index (χ0v) is 5.52. The third-order valence-corrected chi connectivity index (χ3v) is 0.966. The van der Waals surface area contributed by atoms with Gasteiger partial charge in [0.05, 0.1) is 6.54 Å². The number of quaternary nitrogens is 1. The molecule has 0 saturated carbocycles. The molecule has 0 aromatic carbocycles. The third-order valence-electron chi connectivity index (χ3n) is 0.966. The predicted molar refractivity (Wildman–Crippen MR) is 30.2 cm³/mol. The van der Waals surface area contributed by atoms with Crippen LogP contribution in [0.5, 0.6) is 0 Å². The first-order valence-corrected chi connectivity index (χ1v) is 2.70. The van der Waals surface area contributed by atoms with E-state index in [2.05, 4.69) is 5.73 Å². The number of rotatable bonds is 4. The maximum absolute atomic E-state index is 4.88. The largest absolute Gasteiger partial charge is 0.357 e. The summed E-state index contributed by atoms with van der Waals surface area (Å²) < 4.78 is 9.76. The van der Waals surface area contributed by atoms with Gasteiger partial charge in [0, 0.05) is 20.6 Å². The summed E-state index contributed by atoms with van der Waals surface area (Å²) in [4.78, 5) is 0. The summed E-state index contributed by atoms with van der Waals surface area (Å²) >= 11 is 0. The Bertz CT molecular complexity index is 45.7. The summed E-state index contributed by atoms with van der Waals surface area (Å²) in [6.45, 7) is 0.854. The molecule has 8 heavy (non-hydrogen) atoms. The minimum absolute atomic E-state index is 0.0625. The first kappa shape index (κ1) is 7.88. The van der Waals surface area contributed by atoms with Crippen LogP contribution in [-0.2, 0) is 9.47 Å². The van der Waals surface area contributed by atoms with E-state index in [-0.39, 0.29) is 6.29 Å². The Labute approximate surface area is 49.8 Å². The van der Waals surface area contributed by atoms with Gasteiger partial charge in [0.2, 0.25) is 0 Å². The van der Waals surface area contributed by atoms with Crippen molar-refractivity contribution in [3.05, 3.63) is 0 Å². The summed E-state index contributed by atoms with van der Waals surface area (Å²) in [7, 11) is 3.26. The van der Waals surface area contributed by atoms with Gasteiger partial charge in [0.25, 0.3) is 0 Å². The molecular weight excluding hydrogens is 106 g/mol. The highest BCUT2D eigenvalue weighted by Crippen LogP contribution is 1.92. The highest BCUT2D eigenvalue weighted by molar-refractivity contribution is 4.37. The van der Waals surface area contributed by atoms with Crippen molar-refractivity contribution in [2.45, 2.75) is 12.7 Å². The molecule has 0 aromatic heterocycles. The van der Waals surface area contributed by atoms with Crippen molar-refractivity contribution in [1.82, 2.24) is 0 Å². The molecule has 0 amide bonds. The Morgan fingerprint density at radius 1 is 1.38 bits per heavy atom. The van der Waals surface area contributed by atoms with E-state index < -0.39 is 0 Å². The summed E-state index contributed by atoms with van der Waals surface area (Å²) in [5.41, 5.74) is 3.66. The molecule has 0 aliphatic rings. The lowest BCUT2D eigenvalue weighted by Crippen LogP contribution is -2.51. The zero-order chi connectivity index (χ0) is 6.41. The number of ether oxygens (including phenoxy) is 2. The van der Waals surface area contributed by atoms with E-state index in [0.29, 0.717) is 0 Å². The smallest absolute Gasteiger partial charge is 0.162 e. The van der Waals surface area contributed by atoms with Crippen LogP contribution in [0, 0.1) is 0 Å². The molecule has 3 nitrogen and oxygen atoms in total. The average molecular weight is 120 g/mol. The van der Waals surface area contributed by atoms with Crippen molar-refractivity contribution in [2.75, 3.05) is 20.8 Å². The average Bonchev–Trinajstić information content (AvgIpc) is 1.83. The van der Waals surface area contributed by atoms with Crippen LogP contribution in [0.15, 0.2) is 0 Å². The van der Waals surface area contributed by atoms with Gasteiger partial charge in [-0.2, -0.15) is 0 Å². The molecule has 3 N–H and O–H groups in total. The zero-order valence-electron chi connectivity index (χ0n) is 5.52. The number of hydrogen-bond acceptors (Lipinski definition) is 2.